The van der Waals surface area contributed by atoms with E-state index in [1.807, 2.05) is 43.3 Å². The molecule has 0 bridgehead atoms. The second-order valence-electron chi connectivity index (χ2n) is 11.3. The maximum absolute atomic E-state index is 14.3. The van der Waals surface area contributed by atoms with E-state index in [4.69, 9.17) is 23.2 Å². The molecule has 0 radical (unpaired) electrons. The predicted molar refractivity (Wildman–Crippen MR) is 170 cm³/mol. The van der Waals surface area contributed by atoms with E-state index in [-0.39, 0.29) is 42.3 Å². The number of carbonyl (C=O) groups is 2. The van der Waals surface area contributed by atoms with Gasteiger partial charge in [0.1, 0.15) is 5.54 Å². The van der Waals surface area contributed by atoms with Crippen molar-refractivity contribution >= 4 is 72.6 Å². The number of piperazine rings is 1. The van der Waals surface area contributed by atoms with Crippen LogP contribution in [-0.2, 0) is 31.6 Å². The van der Waals surface area contributed by atoms with Gasteiger partial charge in [-0.3, -0.25) is 14.2 Å². The number of halogens is 3. The molecule has 1 fully saturated rings. The molecule has 230 valence electrons. The summed E-state index contributed by atoms with van der Waals surface area (Å²) in [6.45, 7) is 3.41. The largest absolute Gasteiger partial charge is 0.340 e. The third-order valence-electron chi connectivity index (χ3n) is 7.83. The molecule has 0 aliphatic carbocycles. The molecule has 3 aromatic rings. The first-order valence-electron chi connectivity index (χ1n) is 13.9. The van der Waals surface area contributed by atoms with Crippen LogP contribution < -0.4 is 4.90 Å². The Kier molecular flexibility index (Phi) is 9.27. The highest BCUT2D eigenvalue weighted by molar-refractivity contribution is 9.10. The number of anilines is 2. The fourth-order valence-corrected chi connectivity index (χ4v) is 8.02. The van der Waals surface area contributed by atoms with Gasteiger partial charge in [0.25, 0.3) is 15.9 Å². The molecular formula is C29H33BrCl2N6O4S. The lowest BCUT2D eigenvalue weighted by Crippen LogP contribution is -2.51. The Bertz CT molecular complexity index is 1620. The first kappa shape index (κ1) is 31.9. The fourth-order valence-electron chi connectivity index (χ4n) is 5.63. The Morgan fingerprint density at radius 2 is 1.67 bits per heavy atom. The molecule has 2 aliphatic heterocycles. The van der Waals surface area contributed by atoms with Crippen LogP contribution in [-0.4, -0.2) is 90.7 Å². The second-order valence-corrected chi connectivity index (χ2v) is 14.9. The molecule has 43 heavy (non-hydrogen) atoms. The van der Waals surface area contributed by atoms with Gasteiger partial charge in [-0.25, -0.2) is 18.3 Å². The number of aromatic nitrogens is 2. The molecule has 1 saturated heterocycles. The molecule has 0 spiro atoms. The SMILES string of the molecule is CN(C)CCCC(=O)N1CCN(S(=O)(=O)c2cnc3n2C(C)(Cc2ccc(Br)cc2)C(=O)N3c2cc(Cl)cc(Cl)c2)CC1. The number of amides is 2. The highest BCUT2D eigenvalue weighted by Gasteiger charge is 2.52. The summed E-state index contributed by atoms with van der Waals surface area (Å²) in [5.74, 6) is -0.176. The highest BCUT2D eigenvalue weighted by Crippen LogP contribution is 2.45. The molecule has 2 aromatic carbocycles. The van der Waals surface area contributed by atoms with E-state index in [2.05, 4.69) is 20.9 Å². The molecule has 0 saturated carbocycles. The minimum absolute atomic E-state index is 0.0210. The number of hydrogen-bond donors (Lipinski definition) is 0. The lowest BCUT2D eigenvalue weighted by atomic mass is 9.92. The van der Waals surface area contributed by atoms with Crippen LogP contribution in [0.25, 0.3) is 0 Å². The Labute approximate surface area is 270 Å². The minimum atomic E-state index is -4.09. The third kappa shape index (κ3) is 6.36. The van der Waals surface area contributed by atoms with E-state index in [1.165, 1.54) is 20.0 Å². The number of carbonyl (C=O) groups excluding carboxylic acids is 2. The van der Waals surface area contributed by atoms with Gasteiger partial charge in [0.2, 0.25) is 11.9 Å². The summed E-state index contributed by atoms with van der Waals surface area (Å²) in [6, 6.07) is 12.3. The maximum atomic E-state index is 14.3. The first-order chi connectivity index (χ1) is 20.3. The smallest absolute Gasteiger partial charge is 0.260 e. The summed E-state index contributed by atoms with van der Waals surface area (Å²) in [7, 11) is -0.165. The summed E-state index contributed by atoms with van der Waals surface area (Å²) < 4.78 is 32.1. The van der Waals surface area contributed by atoms with E-state index in [9.17, 15) is 18.0 Å². The van der Waals surface area contributed by atoms with Crippen LogP contribution in [0.1, 0.15) is 25.3 Å². The van der Waals surface area contributed by atoms with E-state index < -0.39 is 15.6 Å². The average Bonchev–Trinajstić information content (AvgIpc) is 3.47. The molecule has 0 N–H and O–H groups in total. The van der Waals surface area contributed by atoms with Gasteiger partial charge in [-0.05, 0) is 69.9 Å². The number of hydrogen-bond acceptors (Lipinski definition) is 6. The molecule has 1 atom stereocenters. The molecule has 1 unspecified atom stereocenters. The number of fused-ring (bicyclic) bond motifs is 1. The zero-order valence-corrected chi connectivity index (χ0v) is 28.0. The van der Waals surface area contributed by atoms with Crippen molar-refractivity contribution in [1.82, 2.24) is 23.7 Å². The molecular weight excluding hydrogens is 679 g/mol. The van der Waals surface area contributed by atoms with E-state index >= 15 is 0 Å². The lowest BCUT2D eigenvalue weighted by molar-refractivity contribution is -0.132. The van der Waals surface area contributed by atoms with Crippen LogP contribution in [0.2, 0.25) is 10.0 Å². The summed E-state index contributed by atoms with van der Waals surface area (Å²) in [5.41, 5.74) is -0.102. The summed E-state index contributed by atoms with van der Waals surface area (Å²) in [5, 5.41) is 0.575. The monoisotopic (exact) mass is 710 g/mol. The quantitative estimate of drug-likeness (QED) is 0.318. The summed E-state index contributed by atoms with van der Waals surface area (Å²) in [6.07, 6.45) is 2.67. The zero-order chi connectivity index (χ0) is 31.1. The standard InChI is InChI=1S/C29H33BrCl2N6O4S/c1-29(18-20-6-8-21(30)9-7-20)27(40)37(24-16-22(31)15-23(32)17-24)28-33-19-26(38(28)29)43(41,42)36-13-11-35(12-14-36)25(39)5-4-10-34(2)3/h6-9,15-17,19H,4-5,10-14,18H2,1-3H3. The van der Waals surface area contributed by atoms with Crippen LogP contribution in [0.15, 0.2) is 58.2 Å². The highest BCUT2D eigenvalue weighted by atomic mass is 79.9. The van der Waals surface area contributed by atoms with Gasteiger partial charge in [-0.1, -0.05) is 51.3 Å². The molecule has 10 nitrogen and oxygen atoms in total. The molecule has 3 heterocycles. The first-order valence-corrected chi connectivity index (χ1v) is 16.9. The molecule has 1 aromatic heterocycles. The molecule has 14 heteroatoms. The van der Waals surface area contributed by atoms with Crippen molar-refractivity contribution in [3.8, 4) is 0 Å². The van der Waals surface area contributed by atoms with Crippen molar-refractivity contribution in [1.29, 1.82) is 0 Å². The minimum Gasteiger partial charge on any atom is -0.340 e. The maximum Gasteiger partial charge on any atom is 0.260 e. The molecule has 5 rings (SSSR count). The Morgan fingerprint density at radius 1 is 1.05 bits per heavy atom. The van der Waals surface area contributed by atoms with E-state index in [1.54, 1.807) is 30.0 Å². The molecule has 2 aliphatic rings. The predicted octanol–water partition coefficient (Wildman–Crippen LogP) is 4.76. The van der Waals surface area contributed by atoms with Gasteiger partial charge in [0.15, 0.2) is 5.03 Å². The third-order valence-corrected chi connectivity index (χ3v) is 10.7. The van der Waals surface area contributed by atoms with Crippen molar-refractivity contribution in [2.75, 3.05) is 51.7 Å². The Morgan fingerprint density at radius 3 is 2.28 bits per heavy atom. The normalized spacial score (nSPS) is 19.4. The fraction of sp³-hybridized carbons (Fsp3) is 0.414. The van der Waals surface area contributed by atoms with Crippen LogP contribution in [0.3, 0.4) is 0 Å². The van der Waals surface area contributed by atoms with E-state index in [0.717, 1.165) is 23.0 Å². The van der Waals surface area contributed by atoms with Crippen LogP contribution in [0.4, 0.5) is 11.6 Å². The zero-order valence-electron chi connectivity index (χ0n) is 24.1. The van der Waals surface area contributed by atoms with Gasteiger partial charge in [-0.15, -0.1) is 0 Å². The average molecular weight is 712 g/mol. The topological polar surface area (TPSA) is 99.1 Å². The van der Waals surface area contributed by atoms with Crippen LogP contribution >= 0.6 is 39.1 Å². The molecule has 2 amide bonds. The summed E-state index contributed by atoms with van der Waals surface area (Å²) >= 11 is 16.0. The van der Waals surface area contributed by atoms with Gasteiger partial charge in [0, 0.05) is 53.5 Å². The van der Waals surface area contributed by atoms with Crippen molar-refractivity contribution in [3.63, 3.8) is 0 Å². The van der Waals surface area contributed by atoms with Crippen LogP contribution in [0.5, 0.6) is 0 Å². The van der Waals surface area contributed by atoms with Crippen LogP contribution in [0, 0.1) is 0 Å². The number of nitrogens with zero attached hydrogens (tertiary/aromatic N) is 6. The summed E-state index contributed by atoms with van der Waals surface area (Å²) in [4.78, 5) is 36.6. The number of imidazole rings is 1. The number of sulfonamides is 1. The Hall–Kier alpha value is -2.48. The van der Waals surface area contributed by atoms with Crippen molar-refractivity contribution in [3.05, 3.63) is 68.7 Å². The van der Waals surface area contributed by atoms with Gasteiger partial charge >= 0.3 is 0 Å². The van der Waals surface area contributed by atoms with Gasteiger partial charge in [0.05, 0.1) is 11.9 Å². The number of rotatable bonds is 9. The van der Waals surface area contributed by atoms with Gasteiger partial charge in [-0.2, -0.15) is 4.31 Å². The number of benzene rings is 2. The Balaban J connectivity index is 1.48. The van der Waals surface area contributed by atoms with Crippen molar-refractivity contribution in [2.45, 2.75) is 36.8 Å². The van der Waals surface area contributed by atoms with E-state index in [0.29, 0.717) is 35.2 Å². The van der Waals surface area contributed by atoms with Crippen molar-refractivity contribution in [2.24, 2.45) is 0 Å². The second kappa shape index (κ2) is 12.5. The lowest BCUT2D eigenvalue weighted by Gasteiger charge is -2.35. The van der Waals surface area contributed by atoms with Gasteiger partial charge < -0.3 is 9.80 Å². The van der Waals surface area contributed by atoms with Crippen molar-refractivity contribution < 1.29 is 18.0 Å².